The molecule has 0 unspecified atom stereocenters. The van der Waals surface area contributed by atoms with Crippen LogP contribution in [0.25, 0.3) is 0 Å². The van der Waals surface area contributed by atoms with E-state index in [1.54, 1.807) is 19.9 Å². The van der Waals surface area contributed by atoms with E-state index in [0.29, 0.717) is 40.7 Å². The van der Waals surface area contributed by atoms with Gasteiger partial charge in [0, 0.05) is 25.2 Å². The van der Waals surface area contributed by atoms with Gasteiger partial charge < -0.3 is 10.2 Å². The van der Waals surface area contributed by atoms with Crippen molar-refractivity contribution in [1.82, 2.24) is 14.5 Å². The zero-order valence-electron chi connectivity index (χ0n) is 15.5. The summed E-state index contributed by atoms with van der Waals surface area (Å²) in [4.78, 5) is 27.3. The number of carbonyl (C=O) groups is 2. The molecular formula is C19H23FN4O2S. The molecule has 0 spiro atoms. The largest absolute Gasteiger partial charge is 0.338 e. The van der Waals surface area contributed by atoms with Crippen LogP contribution in [-0.2, 0) is 4.79 Å². The Morgan fingerprint density at radius 3 is 2.89 bits per heavy atom. The fraction of sp³-hybridized carbons (Fsp3) is 0.474. The van der Waals surface area contributed by atoms with E-state index in [0.717, 1.165) is 37.3 Å². The Morgan fingerprint density at radius 1 is 1.37 bits per heavy atom. The van der Waals surface area contributed by atoms with Crippen LogP contribution in [0.5, 0.6) is 0 Å². The standard InChI is InChI=1S/C19H23FN4O2S/c1-12-10-15(20)6-7-16(12)21-17(25)8-5-14-4-3-9-24(11-14)19(26)18-13(2)22-23-27-18/h6-7,10,14H,3-5,8-9,11H2,1-2H3,(H,21,25)/t14-/m1/s1. The predicted octanol–water partition coefficient (Wildman–Crippen LogP) is 3.57. The molecule has 27 heavy (non-hydrogen) atoms. The number of rotatable bonds is 5. The van der Waals surface area contributed by atoms with Gasteiger partial charge in [0.15, 0.2) is 0 Å². The second-order valence-electron chi connectivity index (χ2n) is 6.99. The van der Waals surface area contributed by atoms with E-state index in [1.165, 1.54) is 12.1 Å². The lowest BCUT2D eigenvalue weighted by atomic mass is 9.93. The van der Waals surface area contributed by atoms with Crippen molar-refractivity contribution < 1.29 is 14.0 Å². The normalized spacial score (nSPS) is 17.0. The molecule has 1 aliphatic heterocycles. The highest BCUT2D eigenvalue weighted by Crippen LogP contribution is 2.24. The SMILES string of the molecule is Cc1cc(F)ccc1NC(=O)CC[C@H]1CCCN(C(=O)c2snnc2C)C1. The Bertz CT molecular complexity index is 839. The number of hydrogen-bond donors (Lipinski definition) is 1. The van der Waals surface area contributed by atoms with Crippen molar-refractivity contribution >= 4 is 29.0 Å². The van der Waals surface area contributed by atoms with Crippen LogP contribution in [-0.4, -0.2) is 39.4 Å². The van der Waals surface area contributed by atoms with Crippen LogP contribution >= 0.6 is 11.5 Å². The van der Waals surface area contributed by atoms with Crippen LogP contribution in [0, 0.1) is 25.6 Å². The molecule has 1 N–H and O–H groups in total. The first-order valence-corrected chi connectivity index (χ1v) is 9.85. The fourth-order valence-electron chi connectivity index (χ4n) is 3.37. The average Bonchev–Trinajstić information content (AvgIpc) is 3.08. The number of benzene rings is 1. The summed E-state index contributed by atoms with van der Waals surface area (Å²) in [6.45, 7) is 4.94. The van der Waals surface area contributed by atoms with E-state index in [4.69, 9.17) is 0 Å². The molecule has 8 heteroatoms. The van der Waals surface area contributed by atoms with Gasteiger partial charge in [-0.05, 0) is 74.3 Å². The molecule has 1 saturated heterocycles. The van der Waals surface area contributed by atoms with Gasteiger partial charge in [-0.3, -0.25) is 9.59 Å². The summed E-state index contributed by atoms with van der Waals surface area (Å²) in [6, 6.07) is 4.31. The number of nitrogens with zero attached hydrogens (tertiary/aromatic N) is 3. The van der Waals surface area contributed by atoms with Crippen molar-refractivity contribution in [3.05, 3.63) is 40.2 Å². The predicted molar refractivity (Wildman–Crippen MR) is 102 cm³/mol. The number of anilines is 1. The van der Waals surface area contributed by atoms with Crippen molar-refractivity contribution in [2.75, 3.05) is 18.4 Å². The van der Waals surface area contributed by atoms with E-state index in [1.807, 2.05) is 4.90 Å². The van der Waals surface area contributed by atoms with Crippen LogP contribution in [0.1, 0.15) is 46.6 Å². The second kappa shape index (κ2) is 8.56. The molecule has 6 nitrogen and oxygen atoms in total. The Balaban J connectivity index is 1.51. The lowest BCUT2D eigenvalue weighted by Gasteiger charge is -2.32. The Kier molecular flexibility index (Phi) is 6.15. The minimum absolute atomic E-state index is 0.0152. The Morgan fingerprint density at radius 2 is 2.19 bits per heavy atom. The van der Waals surface area contributed by atoms with Gasteiger partial charge in [-0.25, -0.2) is 4.39 Å². The lowest BCUT2D eigenvalue weighted by molar-refractivity contribution is -0.116. The monoisotopic (exact) mass is 390 g/mol. The summed E-state index contributed by atoms with van der Waals surface area (Å²) in [6.07, 6.45) is 3.04. The highest BCUT2D eigenvalue weighted by Gasteiger charge is 2.27. The molecule has 1 atom stereocenters. The van der Waals surface area contributed by atoms with Gasteiger partial charge in [0.25, 0.3) is 5.91 Å². The third kappa shape index (κ3) is 4.88. The van der Waals surface area contributed by atoms with Gasteiger partial charge in [-0.15, -0.1) is 5.10 Å². The van der Waals surface area contributed by atoms with Crippen molar-refractivity contribution in [2.45, 2.75) is 39.5 Å². The molecule has 3 rings (SSSR count). The Labute approximate surface area is 161 Å². The summed E-state index contributed by atoms with van der Waals surface area (Å²) in [5, 5.41) is 6.75. The molecule has 2 aromatic rings. The molecule has 0 bridgehead atoms. The highest BCUT2D eigenvalue weighted by atomic mass is 32.1. The Hall–Kier alpha value is -2.35. The fourth-order valence-corrected chi connectivity index (χ4v) is 4.00. The molecule has 144 valence electrons. The number of amides is 2. The molecule has 0 radical (unpaired) electrons. The minimum Gasteiger partial charge on any atom is -0.338 e. The van der Waals surface area contributed by atoms with Gasteiger partial charge in [-0.2, -0.15) is 0 Å². The summed E-state index contributed by atoms with van der Waals surface area (Å²) in [5.41, 5.74) is 2.00. The average molecular weight is 390 g/mol. The molecule has 1 aromatic carbocycles. The lowest BCUT2D eigenvalue weighted by Crippen LogP contribution is -2.40. The van der Waals surface area contributed by atoms with Crippen molar-refractivity contribution in [3.8, 4) is 0 Å². The smallest absolute Gasteiger partial charge is 0.267 e. The first-order valence-electron chi connectivity index (χ1n) is 9.08. The van der Waals surface area contributed by atoms with Crippen LogP contribution in [0.4, 0.5) is 10.1 Å². The van der Waals surface area contributed by atoms with Crippen LogP contribution < -0.4 is 5.32 Å². The first kappa shape index (κ1) is 19.4. The summed E-state index contributed by atoms with van der Waals surface area (Å²) in [7, 11) is 0. The summed E-state index contributed by atoms with van der Waals surface area (Å²) < 4.78 is 17.0. The maximum absolute atomic E-state index is 13.2. The molecule has 0 aliphatic carbocycles. The van der Waals surface area contributed by atoms with Gasteiger partial charge in [0.2, 0.25) is 5.91 Å². The quantitative estimate of drug-likeness (QED) is 0.847. The zero-order chi connectivity index (χ0) is 19.4. The topological polar surface area (TPSA) is 75.2 Å². The molecule has 1 aliphatic rings. The highest BCUT2D eigenvalue weighted by molar-refractivity contribution is 7.07. The number of aryl methyl sites for hydroxylation is 2. The van der Waals surface area contributed by atoms with E-state index in [-0.39, 0.29) is 17.6 Å². The molecule has 2 heterocycles. The first-order chi connectivity index (χ1) is 12.9. The zero-order valence-corrected chi connectivity index (χ0v) is 16.3. The minimum atomic E-state index is -0.316. The van der Waals surface area contributed by atoms with Gasteiger partial charge in [-0.1, -0.05) is 4.49 Å². The van der Waals surface area contributed by atoms with E-state index >= 15 is 0 Å². The van der Waals surface area contributed by atoms with Crippen LogP contribution in [0.2, 0.25) is 0 Å². The molecular weight excluding hydrogens is 367 g/mol. The molecule has 2 amide bonds. The third-order valence-electron chi connectivity index (χ3n) is 4.89. The maximum Gasteiger partial charge on any atom is 0.267 e. The van der Waals surface area contributed by atoms with Crippen LogP contribution in [0.15, 0.2) is 18.2 Å². The number of carbonyl (C=O) groups excluding carboxylic acids is 2. The van der Waals surface area contributed by atoms with Crippen molar-refractivity contribution in [2.24, 2.45) is 5.92 Å². The summed E-state index contributed by atoms with van der Waals surface area (Å²) in [5.74, 6) is -0.123. The van der Waals surface area contributed by atoms with E-state index in [2.05, 4.69) is 14.9 Å². The number of aromatic nitrogens is 2. The summed E-state index contributed by atoms with van der Waals surface area (Å²) >= 11 is 1.13. The van der Waals surface area contributed by atoms with E-state index in [9.17, 15) is 14.0 Å². The number of nitrogens with one attached hydrogen (secondary N) is 1. The molecule has 1 fully saturated rings. The van der Waals surface area contributed by atoms with Gasteiger partial charge in [0.05, 0.1) is 5.69 Å². The second-order valence-corrected chi connectivity index (χ2v) is 7.75. The molecule has 0 saturated carbocycles. The van der Waals surface area contributed by atoms with E-state index < -0.39 is 0 Å². The maximum atomic E-state index is 13.2. The van der Waals surface area contributed by atoms with Gasteiger partial charge in [0.1, 0.15) is 10.7 Å². The van der Waals surface area contributed by atoms with Crippen molar-refractivity contribution in [1.29, 1.82) is 0 Å². The van der Waals surface area contributed by atoms with Crippen LogP contribution in [0.3, 0.4) is 0 Å². The number of piperidine rings is 1. The number of hydrogen-bond acceptors (Lipinski definition) is 5. The number of likely N-dealkylation sites (tertiary alicyclic amines) is 1. The third-order valence-corrected chi connectivity index (χ3v) is 5.71. The molecule has 1 aromatic heterocycles. The van der Waals surface area contributed by atoms with Crippen molar-refractivity contribution in [3.63, 3.8) is 0 Å². The van der Waals surface area contributed by atoms with Gasteiger partial charge >= 0.3 is 0 Å². The number of halogens is 1.